The smallest absolute Gasteiger partial charge is 0.0263 e. The van der Waals surface area contributed by atoms with Gasteiger partial charge >= 0.3 is 0 Å². The second kappa shape index (κ2) is 5.61. The van der Waals surface area contributed by atoms with Crippen LogP contribution in [0.5, 0.6) is 0 Å². The third kappa shape index (κ3) is 3.25. The maximum atomic E-state index is 2.23. The summed E-state index contributed by atoms with van der Waals surface area (Å²) in [5, 5.41) is 2.14. The Balaban J connectivity index is 0.000001000. The van der Waals surface area contributed by atoms with Gasteiger partial charge in [-0.2, -0.15) is 13.5 Å². The number of hydrogen-bond donors (Lipinski definition) is 0. The number of rotatable bonds is 2. The summed E-state index contributed by atoms with van der Waals surface area (Å²) in [5.41, 5.74) is 1.42. The van der Waals surface area contributed by atoms with Gasteiger partial charge in [-0.1, -0.05) is 6.92 Å². The number of allylic oxidation sites excluding steroid dienone is 2. The van der Waals surface area contributed by atoms with Gasteiger partial charge < -0.3 is 4.31 Å². The van der Waals surface area contributed by atoms with Crippen LogP contribution in [0.4, 0.5) is 0 Å². The lowest BCUT2D eigenvalue weighted by atomic mass is 10.2. The van der Waals surface area contributed by atoms with Crippen LogP contribution < -0.4 is 0 Å². The van der Waals surface area contributed by atoms with E-state index in [2.05, 4.69) is 35.8 Å². The molecule has 0 aromatic carbocycles. The summed E-state index contributed by atoms with van der Waals surface area (Å²) < 4.78 is 2.23. The van der Waals surface area contributed by atoms with Crippen molar-refractivity contribution in [1.29, 1.82) is 0 Å². The minimum absolute atomic E-state index is 0. The molecule has 1 heterocycles. The number of hydrogen-bond acceptors (Lipinski definition) is 2. The van der Waals surface area contributed by atoms with Crippen LogP contribution in [0.3, 0.4) is 0 Å². The molecule has 1 aliphatic rings. The van der Waals surface area contributed by atoms with Crippen molar-refractivity contribution in [2.45, 2.75) is 20.3 Å². The van der Waals surface area contributed by atoms with Crippen LogP contribution in [-0.4, -0.2) is 10.8 Å². The summed E-state index contributed by atoms with van der Waals surface area (Å²) in [6, 6.07) is 0. The fourth-order valence-corrected chi connectivity index (χ4v) is 1.57. The van der Waals surface area contributed by atoms with Gasteiger partial charge in [-0.25, -0.2) is 0 Å². The lowest BCUT2D eigenvalue weighted by molar-refractivity contribution is 0.653. The predicted octanol–water partition coefficient (Wildman–Crippen LogP) is 2.89. The minimum atomic E-state index is 0. The Morgan fingerprint density at radius 3 is 2.73 bits per heavy atom. The molecule has 0 N–H and O–H groups in total. The molecule has 0 spiro atoms. The van der Waals surface area contributed by atoms with Gasteiger partial charge in [-0.3, -0.25) is 0 Å². The monoisotopic (exact) mass is 189 g/mol. The quantitative estimate of drug-likeness (QED) is 0.615. The average Bonchev–Trinajstić information content (AvgIpc) is 2.05. The fraction of sp³-hybridized carbons (Fsp3) is 0.500. The maximum absolute atomic E-state index is 2.23. The summed E-state index contributed by atoms with van der Waals surface area (Å²) in [7, 11) is 0. The van der Waals surface area contributed by atoms with E-state index < -0.39 is 0 Å². The van der Waals surface area contributed by atoms with Crippen molar-refractivity contribution in [3.8, 4) is 0 Å². The number of nitrogens with zero attached hydrogens (tertiary/aromatic N) is 1. The largest absolute Gasteiger partial charge is 0.320 e. The van der Waals surface area contributed by atoms with Crippen LogP contribution in [0.2, 0.25) is 0 Å². The molecule has 1 nitrogen and oxygen atoms in total. The first kappa shape index (κ1) is 11.0. The third-order valence-corrected chi connectivity index (χ3v) is 2.40. The van der Waals surface area contributed by atoms with Crippen molar-refractivity contribution >= 4 is 25.4 Å². The van der Waals surface area contributed by atoms with E-state index >= 15 is 0 Å². The molecule has 3 heteroatoms. The second-order valence-corrected chi connectivity index (χ2v) is 3.15. The molecule has 0 bridgehead atoms. The minimum Gasteiger partial charge on any atom is -0.320 e. The van der Waals surface area contributed by atoms with Crippen molar-refractivity contribution in [3.63, 3.8) is 0 Å². The molecule has 0 saturated carbocycles. The zero-order valence-corrected chi connectivity index (χ0v) is 8.82. The van der Waals surface area contributed by atoms with E-state index in [4.69, 9.17) is 0 Å². The molecule has 0 amide bonds. The van der Waals surface area contributed by atoms with Crippen LogP contribution >= 0.6 is 25.4 Å². The first-order valence-corrected chi connectivity index (χ1v) is 4.51. The summed E-state index contributed by atoms with van der Waals surface area (Å²) in [6.45, 7) is 5.43. The van der Waals surface area contributed by atoms with Gasteiger partial charge in [0, 0.05) is 12.7 Å². The van der Waals surface area contributed by atoms with Gasteiger partial charge in [0.2, 0.25) is 0 Å². The highest BCUT2D eigenvalue weighted by Gasteiger charge is 2.00. The van der Waals surface area contributed by atoms with Crippen LogP contribution in [0.25, 0.3) is 0 Å². The summed E-state index contributed by atoms with van der Waals surface area (Å²) >= 11 is 1.76. The Labute approximate surface area is 80.1 Å². The van der Waals surface area contributed by atoms with Gasteiger partial charge in [0.15, 0.2) is 0 Å². The van der Waals surface area contributed by atoms with Gasteiger partial charge in [0.05, 0.1) is 0 Å². The molecule has 0 aromatic rings. The normalized spacial score (nSPS) is 15.8. The zero-order chi connectivity index (χ0) is 7.40. The molecular weight excluding hydrogens is 174 g/mol. The molecule has 64 valence electrons. The topological polar surface area (TPSA) is 3.24 Å². The Bertz CT molecular complexity index is 163. The average molecular weight is 189 g/mol. The molecule has 11 heavy (non-hydrogen) atoms. The van der Waals surface area contributed by atoms with E-state index in [0.717, 1.165) is 13.0 Å². The highest BCUT2D eigenvalue weighted by atomic mass is 32.2. The molecule has 0 radical (unpaired) electrons. The van der Waals surface area contributed by atoms with Crippen LogP contribution in [0.15, 0.2) is 23.3 Å². The van der Waals surface area contributed by atoms with Crippen molar-refractivity contribution in [2.75, 3.05) is 6.54 Å². The SMILES string of the molecule is CCC1=CN(CC)SC=C1.S. The van der Waals surface area contributed by atoms with Gasteiger partial charge in [0.1, 0.15) is 0 Å². The van der Waals surface area contributed by atoms with E-state index in [1.807, 2.05) is 0 Å². The van der Waals surface area contributed by atoms with E-state index in [-0.39, 0.29) is 13.5 Å². The van der Waals surface area contributed by atoms with E-state index in [1.54, 1.807) is 11.9 Å². The molecule has 1 rings (SSSR count). The van der Waals surface area contributed by atoms with Crippen LogP contribution in [-0.2, 0) is 0 Å². The van der Waals surface area contributed by atoms with E-state index in [9.17, 15) is 0 Å². The first-order valence-electron chi connectivity index (χ1n) is 3.67. The van der Waals surface area contributed by atoms with E-state index in [1.165, 1.54) is 5.57 Å². The predicted molar refractivity (Wildman–Crippen MR) is 57.9 cm³/mol. The van der Waals surface area contributed by atoms with Gasteiger partial charge in [-0.15, -0.1) is 0 Å². The summed E-state index contributed by atoms with van der Waals surface area (Å²) in [5.74, 6) is 0. The zero-order valence-electron chi connectivity index (χ0n) is 7.00. The molecule has 0 atom stereocenters. The summed E-state index contributed by atoms with van der Waals surface area (Å²) in [6.07, 6.45) is 5.52. The Hall–Kier alpha value is -0.0200. The molecule has 0 unspecified atom stereocenters. The molecule has 0 aromatic heterocycles. The molecule has 0 fully saturated rings. The van der Waals surface area contributed by atoms with Crippen molar-refractivity contribution < 1.29 is 0 Å². The Kier molecular flexibility index (Phi) is 5.60. The lowest BCUT2D eigenvalue weighted by Gasteiger charge is -2.18. The standard InChI is InChI=1S/C8H13NS.H2S/c1-3-8-5-6-10-9(4-2)7-8;/h5-7H,3-4H2,1-2H3;1H2. The van der Waals surface area contributed by atoms with Gasteiger partial charge in [0.25, 0.3) is 0 Å². The Morgan fingerprint density at radius 2 is 2.18 bits per heavy atom. The Morgan fingerprint density at radius 1 is 1.45 bits per heavy atom. The molecular formula is C8H15NS2. The highest BCUT2D eigenvalue weighted by molar-refractivity contribution is 8.00. The van der Waals surface area contributed by atoms with Gasteiger partial charge in [-0.05, 0) is 42.3 Å². The van der Waals surface area contributed by atoms with Crippen LogP contribution in [0, 0.1) is 0 Å². The first-order chi connectivity index (χ1) is 4.86. The molecule has 1 aliphatic heterocycles. The fourth-order valence-electron chi connectivity index (χ4n) is 0.829. The van der Waals surface area contributed by atoms with Crippen LogP contribution in [0.1, 0.15) is 20.3 Å². The van der Waals surface area contributed by atoms with Crippen molar-refractivity contribution in [3.05, 3.63) is 23.3 Å². The third-order valence-electron chi connectivity index (χ3n) is 1.51. The highest BCUT2D eigenvalue weighted by Crippen LogP contribution is 2.21. The molecule has 0 aliphatic carbocycles. The van der Waals surface area contributed by atoms with Crippen molar-refractivity contribution in [1.82, 2.24) is 4.31 Å². The second-order valence-electron chi connectivity index (χ2n) is 2.20. The van der Waals surface area contributed by atoms with E-state index in [0.29, 0.717) is 0 Å². The summed E-state index contributed by atoms with van der Waals surface area (Å²) in [4.78, 5) is 0. The lowest BCUT2D eigenvalue weighted by Crippen LogP contribution is -2.08. The molecule has 0 saturated heterocycles. The maximum Gasteiger partial charge on any atom is 0.0263 e. The van der Waals surface area contributed by atoms with Crippen molar-refractivity contribution in [2.24, 2.45) is 0 Å².